The topological polar surface area (TPSA) is 89.1 Å². The number of methoxy groups -OCH3 is 1. The quantitative estimate of drug-likeness (QED) is 0.510. The van der Waals surface area contributed by atoms with Crippen molar-refractivity contribution in [2.75, 3.05) is 12.5 Å². The Morgan fingerprint density at radius 3 is 2.60 bits per heavy atom. The molecule has 20 heavy (non-hydrogen) atoms. The predicted molar refractivity (Wildman–Crippen MR) is 74.2 cm³/mol. The molecule has 2 aromatic carbocycles. The maximum atomic E-state index is 10.6. The summed E-state index contributed by atoms with van der Waals surface area (Å²) in [6, 6.07) is 13.1. The summed E-state index contributed by atoms with van der Waals surface area (Å²) in [6.45, 7) is 0. The normalized spacial score (nSPS) is 10.4. The van der Waals surface area contributed by atoms with Gasteiger partial charge in [-0.2, -0.15) is 0 Å². The number of rotatable bonds is 5. The zero-order valence-electron chi connectivity index (χ0n) is 10.7. The Morgan fingerprint density at radius 2 is 1.95 bits per heavy atom. The van der Waals surface area contributed by atoms with Gasteiger partial charge in [0.1, 0.15) is 5.75 Å². The van der Waals surface area contributed by atoms with Crippen molar-refractivity contribution in [3.05, 3.63) is 58.6 Å². The standard InChI is InChI=1S/C13H12N4O3/c1-20-13-7-5-10(6-8-13)14-16-15-11-3-2-4-12(9-11)17(18)19/h2-9H,1H3,(H,14,15). The summed E-state index contributed by atoms with van der Waals surface area (Å²) in [5.41, 5.74) is 3.77. The smallest absolute Gasteiger partial charge is 0.271 e. The summed E-state index contributed by atoms with van der Waals surface area (Å²) < 4.78 is 5.03. The largest absolute Gasteiger partial charge is 0.497 e. The molecule has 1 N–H and O–H groups in total. The Labute approximate surface area is 115 Å². The summed E-state index contributed by atoms with van der Waals surface area (Å²) in [7, 11) is 1.58. The third-order valence-corrected chi connectivity index (χ3v) is 2.47. The molecular formula is C13H12N4O3. The molecule has 0 spiro atoms. The first kappa shape index (κ1) is 13.5. The van der Waals surface area contributed by atoms with Crippen molar-refractivity contribution in [2.45, 2.75) is 0 Å². The van der Waals surface area contributed by atoms with Gasteiger partial charge in [0.05, 0.1) is 23.4 Å². The lowest BCUT2D eigenvalue weighted by Gasteiger charge is -2.00. The molecule has 0 atom stereocenters. The first-order chi connectivity index (χ1) is 9.69. The van der Waals surface area contributed by atoms with Crippen molar-refractivity contribution in [1.82, 2.24) is 0 Å². The molecule has 0 heterocycles. The molecular weight excluding hydrogens is 260 g/mol. The van der Waals surface area contributed by atoms with Crippen LogP contribution in [0.4, 0.5) is 17.1 Å². The number of benzene rings is 2. The zero-order valence-corrected chi connectivity index (χ0v) is 10.7. The minimum absolute atomic E-state index is 0.00496. The fourth-order valence-corrected chi connectivity index (χ4v) is 1.48. The van der Waals surface area contributed by atoms with Crippen molar-refractivity contribution in [1.29, 1.82) is 0 Å². The molecule has 0 unspecified atom stereocenters. The monoisotopic (exact) mass is 272 g/mol. The van der Waals surface area contributed by atoms with Crippen LogP contribution in [-0.4, -0.2) is 12.0 Å². The molecule has 7 heteroatoms. The predicted octanol–water partition coefficient (Wildman–Crippen LogP) is 3.71. The SMILES string of the molecule is COc1ccc(N=NNc2cccc([N+](=O)[O-])c2)cc1. The van der Waals surface area contributed by atoms with Crippen LogP contribution in [0.3, 0.4) is 0 Å². The van der Waals surface area contributed by atoms with E-state index in [9.17, 15) is 10.1 Å². The number of nitrogens with zero attached hydrogens (tertiary/aromatic N) is 3. The molecule has 0 fully saturated rings. The first-order valence-corrected chi connectivity index (χ1v) is 5.74. The molecule has 0 radical (unpaired) electrons. The van der Waals surface area contributed by atoms with E-state index in [4.69, 9.17) is 4.74 Å². The van der Waals surface area contributed by atoms with E-state index in [0.717, 1.165) is 5.75 Å². The highest BCUT2D eigenvalue weighted by atomic mass is 16.6. The zero-order chi connectivity index (χ0) is 14.4. The number of nitro groups is 1. The van der Waals surface area contributed by atoms with Crippen LogP contribution in [0.5, 0.6) is 5.75 Å². The molecule has 0 aromatic heterocycles. The maximum absolute atomic E-state index is 10.6. The highest BCUT2D eigenvalue weighted by Crippen LogP contribution is 2.19. The van der Waals surface area contributed by atoms with Crippen LogP contribution in [-0.2, 0) is 0 Å². The molecule has 0 aliphatic rings. The van der Waals surface area contributed by atoms with Gasteiger partial charge in [-0.15, -0.1) is 5.11 Å². The summed E-state index contributed by atoms with van der Waals surface area (Å²) in [5.74, 6) is 0.732. The van der Waals surface area contributed by atoms with Crippen LogP contribution in [0.1, 0.15) is 0 Å². The highest BCUT2D eigenvalue weighted by Gasteiger charge is 2.04. The number of hydrogen-bond acceptors (Lipinski definition) is 5. The van der Waals surface area contributed by atoms with Gasteiger partial charge < -0.3 is 4.74 Å². The summed E-state index contributed by atoms with van der Waals surface area (Å²) >= 11 is 0. The van der Waals surface area contributed by atoms with Crippen LogP contribution in [0, 0.1) is 10.1 Å². The van der Waals surface area contributed by atoms with Gasteiger partial charge in [0.15, 0.2) is 0 Å². The van der Waals surface area contributed by atoms with Gasteiger partial charge in [-0.05, 0) is 30.3 Å². The first-order valence-electron chi connectivity index (χ1n) is 5.74. The third-order valence-electron chi connectivity index (χ3n) is 2.47. The van der Waals surface area contributed by atoms with E-state index in [2.05, 4.69) is 15.8 Å². The second-order valence-electron chi connectivity index (χ2n) is 3.82. The number of nitrogens with one attached hydrogen (secondary N) is 1. The Hall–Kier alpha value is -2.96. The number of anilines is 1. The number of hydrogen-bond donors (Lipinski definition) is 1. The van der Waals surface area contributed by atoms with Crippen LogP contribution >= 0.6 is 0 Å². The Morgan fingerprint density at radius 1 is 1.20 bits per heavy atom. The van der Waals surface area contributed by atoms with E-state index >= 15 is 0 Å². The van der Waals surface area contributed by atoms with Gasteiger partial charge in [-0.1, -0.05) is 11.3 Å². The van der Waals surface area contributed by atoms with Gasteiger partial charge in [0, 0.05) is 12.1 Å². The second-order valence-corrected chi connectivity index (χ2v) is 3.82. The summed E-state index contributed by atoms with van der Waals surface area (Å²) in [5, 5.41) is 18.3. The van der Waals surface area contributed by atoms with Gasteiger partial charge in [0.25, 0.3) is 5.69 Å². The molecule has 0 amide bonds. The molecule has 0 saturated heterocycles. The van der Waals surface area contributed by atoms with E-state index in [1.165, 1.54) is 12.1 Å². The lowest BCUT2D eigenvalue weighted by Crippen LogP contribution is -1.90. The van der Waals surface area contributed by atoms with E-state index in [0.29, 0.717) is 11.4 Å². The third kappa shape index (κ3) is 3.52. The van der Waals surface area contributed by atoms with Crippen LogP contribution < -0.4 is 10.2 Å². The highest BCUT2D eigenvalue weighted by molar-refractivity contribution is 5.50. The van der Waals surface area contributed by atoms with Gasteiger partial charge in [-0.25, -0.2) is 0 Å². The Balaban J connectivity index is 2.02. The average molecular weight is 272 g/mol. The van der Waals surface area contributed by atoms with E-state index < -0.39 is 4.92 Å². The van der Waals surface area contributed by atoms with Crippen molar-refractivity contribution >= 4 is 17.1 Å². The van der Waals surface area contributed by atoms with Crippen molar-refractivity contribution in [2.24, 2.45) is 10.3 Å². The molecule has 0 bridgehead atoms. The fourth-order valence-electron chi connectivity index (χ4n) is 1.48. The molecule has 2 rings (SSSR count). The maximum Gasteiger partial charge on any atom is 0.271 e. The van der Waals surface area contributed by atoms with Gasteiger partial charge in [-0.3, -0.25) is 15.5 Å². The summed E-state index contributed by atoms with van der Waals surface area (Å²) in [4.78, 5) is 10.2. The number of ether oxygens (including phenoxy) is 1. The minimum atomic E-state index is -0.466. The number of non-ortho nitro benzene ring substituents is 1. The van der Waals surface area contributed by atoms with Crippen LogP contribution in [0.25, 0.3) is 0 Å². The van der Waals surface area contributed by atoms with Crippen LogP contribution in [0.15, 0.2) is 58.9 Å². The second kappa shape index (κ2) is 6.28. The summed E-state index contributed by atoms with van der Waals surface area (Å²) in [6.07, 6.45) is 0. The molecule has 0 aliphatic heterocycles. The van der Waals surface area contributed by atoms with Crippen molar-refractivity contribution in [3.8, 4) is 5.75 Å². The van der Waals surface area contributed by atoms with Crippen molar-refractivity contribution < 1.29 is 9.66 Å². The molecule has 0 aliphatic carbocycles. The fraction of sp³-hybridized carbons (Fsp3) is 0.0769. The number of nitro benzene ring substituents is 1. The van der Waals surface area contributed by atoms with Crippen LogP contribution in [0.2, 0.25) is 0 Å². The van der Waals surface area contributed by atoms with E-state index in [1.807, 2.05) is 0 Å². The lowest BCUT2D eigenvalue weighted by molar-refractivity contribution is -0.384. The van der Waals surface area contributed by atoms with Gasteiger partial charge >= 0.3 is 0 Å². The molecule has 0 saturated carbocycles. The molecule has 102 valence electrons. The Kier molecular flexibility index (Phi) is 4.23. The average Bonchev–Trinajstić information content (AvgIpc) is 2.48. The van der Waals surface area contributed by atoms with Crippen molar-refractivity contribution in [3.63, 3.8) is 0 Å². The lowest BCUT2D eigenvalue weighted by atomic mass is 10.3. The molecule has 7 nitrogen and oxygen atoms in total. The van der Waals surface area contributed by atoms with E-state index in [-0.39, 0.29) is 5.69 Å². The van der Waals surface area contributed by atoms with E-state index in [1.54, 1.807) is 43.5 Å². The molecule has 2 aromatic rings. The van der Waals surface area contributed by atoms with Gasteiger partial charge in [0.2, 0.25) is 0 Å². The minimum Gasteiger partial charge on any atom is -0.497 e. The Bertz CT molecular complexity index is 626.